The van der Waals surface area contributed by atoms with E-state index in [0.717, 1.165) is 10.7 Å². The first-order valence-corrected chi connectivity index (χ1v) is 7.18. The zero-order valence-corrected chi connectivity index (χ0v) is 12.0. The van der Waals surface area contributed by atoms with E-state index in [1.165, 1.54) is 11.3 Å². The molecule has 6 heteroatoms. The predicted molar refractivity (Wildman–Crippen MR) is 73.3 cm³/mol. The predicted octanol–water partition coefficient (Wildman–Crippen LogP) is 3.76. The maximum absolute atomic E-state index is 13.9. The summed E-state index contributed by atoms with van der Waals surface area (Å²) in [5, 5.41) is 5.70. The molecule has 0 aliphatic rings. The molecule has 1 heterocycles. The highest BCUT2D eigenvalue weighted by Crippen LogP contribution is 2.26. The Hall–Kier alpha value is -1.40. The van der Waals surface area contributed by atoms with Crippen molar-refractivity contribution < 1.29 is 13.2 Å². The van der Waals surface area contributed by atoms with Gasteiger partial charge in [0.15, 0.2) is 0 Å². The van der Waals surface area contributed by atoms with Crippen LogP contribution < -0.4 is 5.32 Å². The van der Waals surface area contributed by atoms with Crippen LogP contribution in [-0.4, -0.2) is 11.5 Å². The summed E-state index contributed by atoms with van der Waals surface area (Å²) in [5.41, 5.74) is 0.737. The Kier molecular flexibility index (Phi) is 4.77. The lowest BCUT2D eigenvalue weighted by Gasteiger charge is -2.18. The highest BCUT2D eigenvalue weighted by atomic mass is 32.1. The zero-order chi connectivity index (χ0) is 14.7. The van der Waals surface area contributed by atoms with Gasteiger partial charge in [-0.25, -0.2) is 18.2 Å². The van der Waals surface area contributed by atoms with Crippen LogP contribution in [0.3, 0.4) is 0 Å². The molecule has 0 spiro atoms. The lowest BCUT2D eigenvalue weighted by molar-refractivity contribution is 0.461. The maximum Gasteiger partial charge on any atom is 0.133 e. The van der Waals surface area contributed by atoms with Crippen LogP contribution in [0.4, 0.5) is 13.2 Å². The van der Waals surface area contributed by atoms with Crippen LogP contribution in [0.5, 0.6) is 0 Å². The first kappa shape index (κ1) is 15.0. The molecule has 2 rings (SSSR count). The van der Waals surface area contributed by atoms with E-state index in [4.69, 9.17) is 0 Å². The Morgan fingerprint density at radius 3 is 2.40 bits per heavy atom. The molecule has 1 aromatic carbocycles. The summed E-state index contributed by atoms with van der Waals surface area (Å²) >= 11 is 1.44. The second kappa shape index (κ2) is 6.37. The summed E-state index contributed by atoms with van der Waals surface area (Å²) in [7, 11) is 0. The molecule has 108 valence electrons. The summed E-state index contributed by atoms with van der Waals surface area (Å²) in [4.78, 5) is 4.29. The summed E-state index contributed by atoms with van der Waals surface area (Å²) < 4.78 is 40.7. The molecule has 20 heavy (non-hydrogen) atoms. The van der Waals surface area contributed by atoms with E-state index < -0.39 is 23.5 Å². The SMILES string of the molecule is CCNC(Cc1nc(C)cs1)c1c(F)cc(F)cc1F. The van der Waals surface area contributed by atoms with E-state index in [1.807, 2.05) is 19.2 Å². The maximum atomic E-state index is 13.9. The normalized spacial score (nSPS) is 12.7. The molecular formula is C14H15F3N2S. The van der Waals surface area contributed by atoms with Crippen LogP contribution in [-0.2, 0) is 6.42 Å². The number of aromatic nitrogens is 1. The number of hydrogen-bond acceptors (Lipinski definition) is 3. The Labute approximate surface area is 119 Å². The van der Waals surface area contributed by atoms with E-state index in [2.05, 4.69) is 10.3 Å². The number of thiazole rings is 1. The van der Waals surface area contributed by atoms with Gasteiger partial charge in [0.2, 0.25) is 0 Å². The topological polar surface area (TPSA) is 24.9 Å². The van der Waals surface area contributed by atoms with Gasteiger partial charge in [0, 0.05) is 41.2 Å². The third kappa shape index (κ3) is 3.37. The van der Waals surface area contributed by atoms with Gasteiger partial charge in [-0.3, -0.25) is 0 Å². The van der Waals surface area contributed by atoms with Crippen LogP contribution in [0.25, 0.3) is 0 Å². The third-order valence-electron chi connectivity index (χ3n) is 2.89. The number of aryl methyl sites for hydroxylation is 1. The van der Waals surface area contributed by atoms with Crippen molar-refractivity contribution in [1.82, 2.24) is 10.3 Å². The number of hydrogen-bond donors (Lipinski definition) is 1. The van der Waals surface area contributed by atoms with Crippen LogP contribution in [0.2, 0.25) is 0 Å². The van der Waals surface area contributed by atoms with Gasteiger partial charge in [-0.15, -0.1) is 11.3 Å². The first-order valence-electron chi connectivity index (χ1n) is 6.30. The lowest BCUT2D eigenvalue weighted by atomic mass is 10.0. The van der Waals surface area contributed by atoms with E-state index in [0.29, 0.717) is 25.1 Å². The summed E-state index contributed by atoms with van der Waals surface area (Å²) in [6.45, 7) is 4.26. The molecule has 0 radical (unpaired) electrons. The summed E-state index contributed by atoms with van der Waals surface area (Å²) in [6.07, 6.45) is 0.367. The van der Waals surface area contributed by atoms with Crippen molar-refractivity contribution in [1.29, 1.82) is 0 Å². The molecular weight excluding hydrogens is 285 g/mol. The Morgan fingerprint density at radius 1 is 1.25 bits per heavy atom. The fraction of sp³-hybridized carbons (Fsp3) is 0.357. The Bertz CT molecular complexity index is 575. The minimum absolute atomic E-state index is 0.138. The Morgan fingerprint density at radius 2 is 1.90 bits per heavy atom. The fourth-order valence-corrected chi connectivity index (χ4v) is 2.90. The van der Waals surface area contributed by atoms with Crippen molar-refractivity contribution in [3.63, 3.8) is 0 Å². The molecule has 2 aromatic rings. The Balaban J connectivity index is 2.33. The van der Waals surface area contributed by atoms with Gasteiger partial charge in [-0.05, 0) is 13.5 Å². The second-order valence-corrected chi connectivity index (χ2v) is 5.42. The molecule has 0 amide bonds. The lowest BCUT2D eigenvalue weighted by Crippen LogP contribution is -2.25. The number of nitrogens with one attached hydrogen (secondary N) is 1. The molecule has 1 aromatic heterocycles. The van der Waals surface area contributed by atoms with E-state index in [-0.39, 0.29) is 5.56 Å². The summed E-state index contributed by atoms with van der Waals surface area (Å²) in [5.74, 6) is -2.66. The number of benzene rings is 1. The van der Waals surface area contributed by atoms with Crippen LogP contribution >= 0.6 is 11.3 Å². The zero-order valence-electron chi connectivity index (χ0n) is 11.2. The second-order valence-electron chi connectivity index (χ2n) is 4.48. The van der Waals surface area contributed by atoms with Gasteiger partial charge >= 0.3 is 0 Å². The largest absolute Gasteiger partial charge is 0.310 e. The van der Waals surface area contributed by atoms with Crippen molar-refractivity contribution in [2.45, 2.75) is 26.3 Å². The molecule has 0 fully saturated rings. The van der Waals surface area contributed by atoms with Crippen molar-refractivity contribution >= 4 is 11.3 Å². The number of likely N-dealkylation sites (N-methyl/N-ethyl adjacent to an activating group) is 1. The van der Waals surface area contributed by atoms with Crippen molar-refractivity contribution in [3.05, 3.63) is 51.2 Å². The van der Waals surface area contributed by atoms with Gasteiger partial charge < -0.3 is 5.32 Å². The number of nitrogens with zero attached hydrogens (tertiary/aromatic N) is 1. The van der Waals surface area contributed by atoms with Gasteiger partial charge in [0.05, 0.1) is 5.01 Å². The molecule has 0 saturated heterocycles. The molecule has 1 N–H and O–H groups in total. The van der Waals surface area contributed by atoms with E-state index >= 15 is 0 Å². The van der Waals surface area contributed by atoms with Crippen molar-refractivity contribution in [2.24, 2.45) is 0 Å². The van der Waals surface area contributed by atoms with Gasteiger partial charge in [-0.1, -0.05) is 6.92 Å². The average molecular weight is 300 g/mol. The third-order valence-corrected chi connectivity index (χ3v) is 3.88. The van der Waals surface area contributed by atoms with Crippen LogP contribution in [0.1, 0.15) is 29.2 Å². The molecule has 1 atom stereocenters. The molecule has 1 unspecified atom stereocenters. The summed E-state index contributed by atoms with van der Waals surface area (Å²) in [6, 6.07) is 0.845. The number of rotatable bonds is 5. The van der Waals surface area contributed by atoms with Gasteiger partial charge in [0.1, 0.15) is 17.5 Å². The molecule has 0 saturated carbocycles. The molecule has 0 bridgehead atoms. The fourth-order valence-electron chi connectivity index (χ4n) is 2.08. The monoisotopic (exact) mass is 300 g/mol. The average Bonchev–Trinajstić information content (AvgIpc) is 2.73. The van der Waals surface area contributed by atoms with Gasteiger partial charge in [-0.2, -0.15) is 0 Å². The highest BCUT2D eigenvalue weighted by molar-refractivity contribution is 7.09. The van der Waals surface area contributed by atoms with E-state index in [1.54, 1.807) is 0 Å². The standard InChI is InChI=1S/C14H15F3N2S/c1-3-18-12(6-13-19-8(2)7-20-13)14-10(16)4-9(15)5-11(14)17/h4-5,7,12,18H,3,6H2,1-2H3. The quantitative estimate of drug-likeness (QED) is 0.909. The minimum atomic E-state index is -0.913. The number of halogens is 3. The minimum Gasteiger partial charge on any atom is -0.310 e. The van der Waals surface area contributed by atoms with Crippen LogP contribution in [0, 0.1) is 24.4 Å². The highest BCUT2D eigenvalue weighted by Gasteiger charge is 2.22. The smallest absolute Gasteiger partial charge is 0.133 e. The van der Waals surface area contributed by atoms with Crippen molar-refractivity contribution in [3.8, 4) is 0 Å². The van der Waals surface area contributed by atoms with Crippen LogP contribution in [0.15, 0.2) is 17.5 Å². The van der Waals surface area contributed by atoms with Gasteiger partial charge in [0.25, 0.3) is 0 Å². The molecule has 0 aliphatic carbocycles. The van der Waals surface area contributed by atoms with E-state index in [9.17, 15) is 13.2 Å². The molecule has 2 nitrogen and oxygen atoms in total. The van der Waals surface area contributed by atoms with Crippen molar-refractivity contribution in [2.75, 3.05) is 6.54 Å². The first-order chi connectivity index (χ1) is 9.51. The molecule has 0 aliphatic heterocycles.